The first-order chi connectivity index (χ1) is 12.2. The zero-order chi connectivity index (χ0) is 17.6. The van der Waals surface area contributed by atoms with Gasteiger partial charge in [-0.15, -0.1) is 0 Å². The van der Waals surface area contributed by atoms with E-state index in [9.17, 15) is 9.90 Å². The molecule has 0 bridgehead atoms. The van der Waals surface area contributed by atoms with Gasteiger partial charge in [-0.1, -0.05) is 0 Å². The molecule has 7 heteroatoms. The third kappa shape index (κ3) is 4.00. The van der Waals surface area contributed by atoms with Gasteiger partial charge in [0.25, 0.3) is 5.91 Å². The highest BCUT2D eigenvalue weighted by Gasteiger charge is 2.14. The van der Waals surface area contributed by atoms with E-state index >= 15 is 0 Å². The van der Waals surface area contributed by atoms with E-state index in [1.54, 1.807) is 30.3 Å². The normalized spacial score (nSPS) is 12.8. The fourth-order valence-corrected chi connectivity index (χ4v) is 2.30. The van der Waals surface area contributed by atoms with Crippen molar-refractivity contribution in [2.24, 2.45) is 5.10 Å². The number of aromatic hydroxyl groups is 1. The first kappa shape index (κ1) is 16.6. The fourth-order valence-electron chi connectivity index (χ4n) is 2.30. The van der Waals surface area contributed by atoms with Crippen LogP contribution in [0.1, 0.15) is 22.8 Å². The molecule has 0 spiro atoms. The minimum Gasteiger partial charge on any atom is -0.504 e. The number of ether oxygens (including phenoxy) is 3. The summed E-state index contributed by atoms with van der Waals surface area (Å²) in [5.74, 6) is 1.22. The van der Waals surface area contributed by atoms with E-state index in [1.807, 2.05) is 6.92 Å². The van der Waals surface area contributed by atoms with Gasteiger partial charge < -0.3 is 19.3 Å². The molecule has 1 amide bonds. The van der Waals surface area contributed by atoms with Gasteiger partial charge in [0, 0.05) is 5.56 Å². The van der Waals surface area contributed by atoms with Crippen molar-refractivity contribution < 1.29 is 24.1 Å². The van der Waals surface area contributed by atoms with E-state index in [4.69, 9.17) is 14.2 Å². The summed E-state index contributed by atoms with van der Waals surface area (Å²) in [6.07, 6.45) is 1.47. The first-order valence-corrected chi connectivity index (χ1v) is 7.86. The van der Waals surface area contributed by atoms with Crippen LogP contribution in [0, 0.1) is 0 Å². The van der Waals surface area contributed by atoms with Gasteiger partial charge in [-0.2, -0.15) is 5.10 Å². The number of phenolic OH excluding ortho intramolecular Hbond substituents is 1. The molecule has 0 fully saturated rings. The number of hydrazone groups is 1. The molecule has 0 unspecified atom stereocenters. The van der Waals surface area contributed by atoms with E-state index in [0.29, 0.717) is 48.2 Å². The molecule has 0 aromatic heterocycles. The molecule has 0 radical (unpaired) electrons. The third-order valence-electron chi connectivity index (χ3n) is 3.47. The molecule has 1 aliphatic heterocycles. The predicted molar refractivity (Wildman–Crippen MR) is 91.8 cm³/mol. The Kier molecular flexibility index (Phi) is 5.03. The molecular weight excluding hydrogens is 324 g/mol. The Morgan fingerprint density at radius 2 is 2.04 bits per heavy atom. The van der Waals surface area contributed by atoms with Crippen LogP contribution in [0.2, 0.25) is 0 Å². The van der Waals surface area contributed by atoms with Crippen LogP contribution in [0.5, 0.6) is 23.0 Å². The van der Waals surface area contributed by atoms with E-state index in [1.165, 1.54) is 12.3 Å². The number of fused-ring (bicyclic) bond motifs is 1. The molecule has 0 saturated carbocycles. The highest BCUT2D eigenvalue weighted by molar-refractivity contribution is 5.95. The second kappa shape index (κ2) is 7.57. The monoisotopic (exact) mass is 342 g/mol. The molecule has 2 N–H and O–H groups in total. The average Bonchev–Trinajstić information content (AvgIpc) is 2.64. The fraction of sp³-hybridized carbons (Fsp3) is 0.222. The van der Waals surface area contributed by atoms with Crippen molar-refractivity contribution in [3.05, 3.63) is 47.5 Å². The van der Waals surface area contributed by atoms with E-state index in [0.717, 1.165) is 0 Å². The number of nitrogens with one attached hydrogen (secondary N) is 1. The van der Waals surface area contributed by atoms with E-state index < -0.39 is 0 Å². The molecule has 1 aliphatic rings. The van der Waals surface area contributed by atoms with Crippen LogP contribution >= 0.6 is 0 Å². The lowest BCUT2D eigenvalue weighted by molar-refractivity contribution is 0.0954. The summed E-state index contributed by atoms with van der Waals surface area (Å²) in [5.41, 5.74) is 3.55. The van der Waals surface area contributed by atoms with Crippen LogP contribution in [0.3, 0.4) is 0 Å². The van der Waals surface area contributed by atoms with Gasteiger partial charge >= 0.3 is 0 Å². The minimum absolute atomic E-state index is 0.0549. The van der Waals surface area contributed by atoms with Crippen molar-refractivity contribution >= 4 is 12.1 Å². The Morgan fingerprint density at radius 3 is 2.84 bits per heavy atom. The molecule has 2 aromatic carbocycles. The molecule has 1 heterocycles. The summed E-state index contributed by atoms with van der Waals surface area (Å²) in [4.78, 5) is 12.2. The molecular formula is C18H18N2O5. The van der Waals surface area contributed by atoms with Gasteiger partial charge in [0.1, 0.15) is 13.2 Å². The summed E-state index contributed by atoms with van der Waals surface area (Å²) in [7, 11) is 0. The van der Waals surface area contributed by atoms with Crippen molar-refractivity contribution in [2.45, 2.75) is 6.92 Å². The number of benzene rings is 2. The predicted octanol–water partition coefficient (Wildman–Crippen LogP) is 2.33. The Hall–Kier alpha value is -3.22. The molecule has 25 heavy (non-hydrogen) atoms. The second-order valence-electron chi connectivity index (χ2n) is 5.22. The van der Waals surface area contributed by atoms with Gasteiger partial charge in [-0.3, -0.25) is 4.79 Å². The Morgan fingerprint density at radius 1 is 1.24 bits per heavy atom. The maximum absolute atomic E-state index is 12.2. The quantitative estimate of drug-likeness (QED) is 0.643. The number of phenols is 1. The SMILES string of the molecule is CCOc1cc(/C=N/NC(=O)c2ccc3c(c2)OCCO3)ccc1O. The highest BCUT2D eigenvalue weighted by Crippen LogP contribution is 2.30. The van der Waals surface area contributed by atoms with Crippen molar-refractivity contribution in [1.29, 1.82) is 0 Å². The summed E-state index contributed by atoms with van der Waals surface area (Å²) < 4.78 is 16.2. The average molecular weight is 342 g/mol. The lowest BCUT2D eigenvalue weighted by Crippen LogP contribution is -2.19. The number of carbonyl (C=O) groups is 1. The molecule has 2 aromatic rings. The lowest BCUT2D eigenvalue weighted by Gasteiger charge is -2.18. The van der Waals surface area contributed by atoms with Crippen molar-refractivity contribution in [1.82, 2.24) is 5.43 Å². The standard InChI is InChI=1S/C18H18N2O5/c1-2-23-16-9-12(3-5-14(16)21)11-19-20-18(22)13-4-6-15-17(10-13)25-8-7-24-15/h3-6,9-11,21H,2,7-8H2,1H3,(H,20,22)/b19-11+. The van der Waals surface area contributed by atoms with Crippen LogP contribution in [0.15, 0.2) is 41.5 Å². The maximum Gasteiger partial charge on any atom is 0.271 e. The van der Waals surface area contributed by atoms with Crippen LogP contribution in [0.4, 0.5) is 0 Å². The summed E-state index contributed by atoms with van der Waals surface area (Å²) in [6.45, 7) is 3.22. The topological polar surface area (TPSA) is 89.4 Å². The molecule has 3 rings (SSSR count). The second-order valence-corrected chi connectivity index (χ2v) is 5.22. The number of rotatable bonds is 5. The van der Waals surface area contributed by atoms with Crippen molar-refractivity contribution in [2.75, 3.05) is 19.8 Å². The Labute approximate surface area is 144 Å². The molecule has 0 atom stereocenters. The van der Waals surface area contributed by atoms with E-state index in [2.05, 4.69) is 10.5 Å². The smallest absolute Gasteiger partial charge is 0.271 e. The zero-order valence-corrected chi connectivity index (χ0v) is 13.7. The number of hydrogen-bond acceptors (Lipinski definition) is 6. The Balaban J connectivity index is 1.66. The van der Waals surface area contributed by atoms with E-state index in [-0.39, 0.29) is 11.7 Å². The van der Waals surface area contributed by atoms with Gasteiger partial charge in [0.05, 0.1) is 12.8 Å². The lowest BCUT2D eigenvalue weighted by atomic mass is 10.2. The molecule has 7 nitrogen and oxygen atoms in total. The highest BCUT2D eigenvalue weighted by atomic mass is 16.6. The van der Waals surface area contributed by atoms with Gasteiger partial charge in [-0.05, 0) is 48.9 Å². The summed E-state index contributed by atoms with van der Waals surface area (Å²) in [5, 5.41) is 13.6. The largest absolute Gasteiger partial charge is 0.504 e. The van der Waals surface area contributed by atoms with Crippen LogP contribution in [-0.2, 0) is 0 Å². The minimum atomic E-state index is -0.364. The van der Waals surface area contributed by atoms with Gasteiger partial charge in [-0.25, -0.2) is 5.43 Å². The van der Waals surface area contributed by atoms with Gasteiger partial charge in [0.15, 0.2) is 23.0 Å². The zero-order valence-electron chi connectivity index (χ0n) is 13.7. The van der Waals surface area contributed by atoms with Crippen molar-refractivity contribution in [3.8, 4) is 23.0 Å². The summed E-state index contributed by atoms with van der Waals surface area (Å²) in [6, 6.07) is 9.77. The van der Waals surface area contributed by atoms with Crippen LogP contribution in [0.25, 0.3) is 0 Å². The maximum atomic E-state index is 12.2. The third-order valence-corrected chi connectivity index (χ3v) is 3.47. The number of amides is 1. The Bertz CT molecular complexity index is 804. The van der Waals surface area contributed by atoms with Crippen LogP contribution in [-0.4, -0.2) is 37.0 Å². The first-order valence-electron chi connectivity index (χ1n) is 7.86. The number of nitrogens with zero attached hydrogens (tertiary/aromatic N) is 1. The number of carbonyl (C=O) groups excluding carboxylic acids is 1. The molecule has 130 valence electrons. The summed E-state index contributed by atoms with van der Waals surface area (Å²) >= 11 is 0. The molecule has 0 aliphatic carbocycles. The molecule has 0 saturated heterocycles. The van der Waals surface area contributed by atoms with Crippen LogP contribution < -0.4 is 19.6 Å². The van der Waals surface area contributed by atoms with Gasteiger partial charge in [0.2, 0.25) is 0 Å². The number of hydrogen-bond donors (Lipinski definition) is 2. The van der Waals surface area contributed by atoms with Crippen molar-refractivity contribution in [3.63, 3.8) is 0 Å².